The van der Waals surface area contributed by atoms with Crippen molar-refractivity contribution in [3.05, 3.63) is 41.4 Å². The van der Waals surface area contributed by atoms with Gasteiger partial charge in [-0.2, -0.15) is 0 Å². The Bertz CT molecular complexity index is 804. The maximum atomic E-state index is 12.8. The number of thiazole rings is 1. The van der Waals surface area contributed by atoms with Gasteiger partial charge >= 0.3 is 0 Å². The van der Waals surface area contributed by atoms with Gasteiger partial charge in [0, 0.05) is 43.0 Å². The number of aromatic nitrogens is 1. The number of piperidine rings is 1. The number of rotatable bonds is 3. The molecule has 0 aliphatic carbocycles. The highest BCUT2D eigenvalue weighted by Crippen LogP contribution is 2.26. The van der Waals surface area contributed by atoms with Crippen molar-refractivity contribution in [3.63, 3.8) is 0 Å². The molecular formula is C22H27N3O2S. The predicted octanol–water partition coefficient (Wildman–Crippen LogP) is 4.06. The molecule has 3 heterocycles. The maximum absolute atomic E-state index is 12.8. The molecule has 2 saturated heterocycles. The van der Waals surface area contributed by atoms with Crippen molar-refractivity contribution in [2.75, 3.05) is 26.2 Å². The molecule has 0 saturated carbocycles. The van der Waals surface area contributed by atoms with E-state index in [1.54, 1.807) is 0 Å². The van der Waals surface area contributed by atoms with E-state index in [9.17, 15) is 9.59 Å². The molecule has 0 N–H and O–H groups in total. The molecule has 0 bridgehead atoms. The number of carbonyl (C=O) groups is 2. The topological polar surface area (TPSA) is 53.5 Å². The number of likely N-dealkylation sites (tertiary alicyclic amines) is 2. The lowest BCUT2D eigenvalue weighted by molar-refractivity contribution is -0.136. The van der Waals surface area contributed by atoms with E-state index in [1.165, 1.54) is 24.2 Å². The van der Waals surface area contributed by atoms with Gasteiger partial charge in [0.1, 0.15) is 10.7 Å². The van der Waals surface area contributed by atoms with Gasteiger partial charge in [-0.05, 0) is 25.7 Å². The van der Waals surface area contributed by atoms with Gasteiger partial charge in [-0.25, -0.2) is 4.98 Å². The van der Waals surface area contributed by atoms with Crippen LogP contribution in [0.25, 0.3) is 10.6 Å². The quantitative estimate of drug-likeness (QED) is 0.785. The van der Waals surface area contributed by atoms with Gasteiger partial charge in [-0.1, -0.05) is 43.2 Å². The average Bonchev–Trinajstić information content (AvgIpc) is 3.09. The summed E-state index contributed by atoms with van der Waals surface area (Å²) < 4.78 is 0. The van der Waals surface area contributed by atoms with Crippen molar-refractivity contribution in [3.8, 4) is 10.6 Å². The van der Waals surface area contributed by atoms with Crippen molar-refractivity contribution < 1.29 is 9.59 Å². The van der Waals surface area contributed by atoms with Gasteiger partial charge in [0.25, 0.3) is 5.91 Å². The first-order valence-corrected chi connectivity index (χ1v) is 11.2. The Labute approximate surface area is 170 Å². The van der Waals surface area contributed by atoms with Crippen LogP contribution in [0.4, 0.5) is 0 Å². The van der Waals surface area contributed by atoms with Crippen molar-refractivity contribution in [1.82, 2.24) is 14.8 Å². The van der Waals surface area contributed by atoms with Crippen LogP contribution in [0.5, 0.6) is 0 Å². The molecule has 0 unspecified atom stereocenters. The Morgan fingerprint density at radius 1 is 0.893 bits per heavy atom. The van der Waals surface area contributed by atoms with E-state index >= 15 is 0 Å². The number of benzene rings is 1. The number of hydrogen-bond donors (Lipinski definition) is 0. The first-order valence-electron chi connectivity index (χ1n) is 10.3. The van der Waals surface area contributed by atoms with Crippen LogP contribution < -0.4 is 0 Å². The van der Waals surface area contributed by atoms with E-state index in [0.29, 0.717) is 24.7 Å². The van der Waals surface area contributed by atoms with E-state index in [2.05, 4.69) is 9.88 Å². The van der Waals surface area contributed by atoms with Crippen LogP contribution in [0.2, 0.25) is 0 Å². The second-order valence-electron chi connectivity index (χ2n) is 7.71. The fourth-order valence-electron chi connectivity index (χ4n) is 4.13. The molecule has 2 aliphatic heterocycles. The molecule has 0 radical (unpaired) electrons. The molecule has 1 aromatic heterocycles. The second-order valence-corrected chi connectivity index (χ2v) is 8.57. The summed E-state index contributed by atoms with van der Waals surface area (Å²) in [5, 5.41) is 2.72. The van der Waals surface area contributed by atoms with Crippen molar-refractivity contribution >= 4 is 23.2 Å². The summed E-state index contributed by atoms with van der Waals surface area (Å²) in [4.78, 5) is 34.1. The number of hydrogen-bond acceptors (Lipinski definition) is 4. The molecule has 148 valence electrons. The standard InChI is InChI=1S/C22H27N3O2S/c26-21(24-12-6-1-2-7-13-24)18-10-14-25(15-11-18)22(27)19-16-28-20(23-19)17-8-4-3-5-9-17/h3-5,8-9,16,18H,1-2,6-7,10-15H2. The van der Waals surface area contributed by atoms with Crippen LogP contribution in [0.3, 0.4) is 0 Å². The highest BCUT2D eigenvalue weighted by molar-refractivity contribution is 7.13. The Morgan fingerprint density at radius 2 is 1.57 bits per heavy atom. The van der Waals surface area contributed by atoms with Crippen LogP contribution in [0.1, 0.15) is 49.0 Å². The molecule has 2 aromatic rings. The fourth-order valence-corrected chi connectivity index (χ4v) is 4.93. The Morgan fingerprint density at radius 3 is 2.25 bits per heavy atom. The van der Waals surface area contributed by atoms with Crippen molar-refractivity contribution in [2.24, 2.45) is 5.92 Å². The molecule has 0 atom stereocenters. The molecule has 28 heavy (non-hydrogen) atoms. The Kier molecular flexibility index (Phi) is 6.05. The van der Waals surface area contributed by atoms with Crippen molar-refractivity contribution in [1.29, 1.82) is 0 Å². The summed E-state index contributed by atoms with van der Waals surface area (Å²) in [6.45, 7) is 3.08. The number of nitrogens with zero attached hydrogens (tertiary/aromatic N) is 3. The van der Waals surface area contributed by atoms with E-state index in [0.717, 1.165) is 49.3 Å². The first kappa shape index (κ1) is 19.1. The lowest BCUT2D eigenvalue weighted by Gasteiger charge is -2.33. The molecule has 6 heteroatoms. The SMILES string of the molecule is O=C(c1csc(-c2ccccc2)n1)N1CCC(C(=O)N2CCCCCC2)CC1. The third kappa shape index (κ3) is 4.27. The lowest BCUT2D eigenvalue weighted by atomic mass is 9.95. The third-order valence-corrected chi connectivity index (χ3v) is 6.68. The van der Waals surface area contributed by atoms with E-state index in [1.807, 2.05) is 40.6 Å². The van der Waals surface area contributed by atoms with Crippen LogP contribution in [-0.2, 0) is 4.79 Å². The summed E-state index contributed by atoms with van der Waals surface area (Å²) in [6.07, 6.45) is 6.23. The van der Waals surface area contributed by atoms with Crippen LogP contribution >= 0.6 is 11.3 Å². The number of amides is 2. The van der Waals surface area contributed by atoms with Crippen LogP contribution in [-0.4, -0.2) is 52.8 Å². The summed E-state index contributed by atoms with van der Waals surface area (Å²) in [6, 6.07) is 9.94. The predicted molar refractivity (Wildman–Crippen MR) is 111 cm³/mol. The maximum Gasteiger partial charge on any atom is 0.273 e. The van der Waals surface area contributed by atoms with E-state index in [-0.39, 0.29) is 11.8 Å². The van der Waals surface area contributed by atoms with Crippen molar-refractivity contribution in [2.45, 2.75) is 38.5 Å². The normalized spacial score (nSPS) is 18.7. The monoisotopic (exact) mass is 397 g/mol. The third-order valence-electron chi connectivity index (χ3n) is 5.79. The van der Waals surface area contributed by atoms with Gasteiger partial charge in [-0.3, -0.25) is 9.59 Å². The van der Waals surface area contributed by atoms with Crippen LogP contribution in [0.15, 0.2) is 35.7 Å². The van der Waals surface area contributed by atoms with Gasteiger partial charge in [0.2, 0.25) is 5.91 Å². The van der Waals surface area contributed by atoms with Gasteiger partial charge < -0.3 is 9.80 Å². The molecule has 4 rings (SSSR count). The van der Waals surface area contributed by atoms with Gasteiger partial charge in [0.15, 0.2) is 0 Å². The highest BCUT2D eigenvalue weighted by Gasteiger charge is 2.31. The summed E-state index contributed by atoms with van der Waals surface area (Å²) >= 11 is 1.50. The van der Waals surface area contributed by atoms with E-state index < -0.39 is 0 Å². The first-order chi connectivity index (χ1) is 13.7. The van der Waals surface area contributed by atoms with Crippen LogP contribution in [0, 0.1) is 5.92 Å². The Hall–Kier alpha value is -2.21. The minimum atomic E-state index is -0.0147. The molecule has 0 spiro atoms. The zero-order chi connectivity index (χ0) is 19.3. The van der Waals surface area contributed by atoms with E-state index in [4.69, 9.17) is 0 Å². The highest BCUT2D eigenvalue weighted by atomic mass is 32.1. The summed E-state index contributed by atoms with van der Waals surface area (Å²) in [7, 11) is 0. The lowest BCUT2D eigenvalue weighted by Crippen LogP contribution is -2.44. The molecule has 5 nitrogen and oxygen atoms in total. The molecule has 2 amide bonds. The zero-order valence-electron chi connectivity index (χ0n) is 16.2. The number of carbonyl (C=O) groups excluding carboxylic acids is 2. The molecule has 2 aliphatic rings. The van der Waals surface area contributed by atoms with Gasteiger partial charge in [-0.15, -0.1) is 11.3 Å². The molecule has 2 fully saturated rings. The zero-order valence-corrected chi connectivity index (χ0v) is 17.0. The largest absolute Gasteiger partial charge is 0.342 e. The molecular weight excluding hydrogens is 370 g/mol. The molecule has 1 aromatic carbocycles. The second kappa shape index (κ2) is 8.86. The van der Waals surface area contributed by atoms with Gasteiger partial charge in [0.05, 0.1) is 0 Å². The summed E-state index contributed by atoms with van der Waals surface area (Å²) in [5.41, 5.74) is 1.55. The Balaban J connectivity index is 1.34. The fraction of sp³-hybridized carbons (Fsp3) is 0.500. The summed E-state index contributed by atoms with van der Waals surface area (Å²) in [5.74, 6) is 0.352. The minimum Gasteiger partial charge on any atom is -0.342 e. The minimum absolute atomic E-state index is 0.0147. The average molecular weight is 398 g/mol. The smallest absolute Gasteiger partial charge is 0.273 e.